The maximum Gasteiger partial charge on any atom is 0.325 e. The first-order valence-electron chi connectivity index (χ1n) is 12.2. The van der Waals surface area contributed by atoms with Crippen LogP contribution < -0.4 is 10.2 Å². The molecule has 2 saturated heterocycles. The van der Waals surface area contributed by atoms with Crippen molar-refractivity contribution in [2.24, 2.45) is 0 Å². The normalized spacial score (nSPS) is 20.1. The molecule has 2 aromatic rings. The van der Waals surface area contributed by atoms with Crippen molar-refractivity contribution in [1.82, 2.24) is 15.1 Å². The van der Waals surface area contributed by atoms with Crippen molar-refractivity contribution >= 4 is 29.3 Å². The summed E-state index contributed by atoms with van der Waals surface area (Å²) in [6, 6.07) is 11.4. The fourth-order valence-corrected chi connectivity index (χ4v) is 4.74. The summed E-state index contributed by atoms with van der Waals surface area (Å²) in [6.45, 7) is 6.21. The molecular weight excluding hydrogens is 463 g/mol. The number of anilines is 1. The largest absolute Gasteiger partial charge is 0.366 e. The lowest BCUT2D eigenvalue weighted by Gasteiger charge is -2.36. The number of imide groups is 1. The van der Waals surface area contributed by atoms with Gasteiger partial charge in [-0.1, -0.05) is 37.6 Å². The third kappa shape index (κ3) is 4.82. The summed E-state index contributed by atoms with van der Waals surface area (Å²) in [7, 11) is 0. The lowest BCUT2D eigenvalue weighted by atomic mass is 9.91. The Morgan fingerprint density at radius 1 is 1.03 bits per heavy atom. The van der Waals surface area contributed by atoms with Gasteiger partial charge in [0.2, 0.25) is 5.91 Å². The van der Waals surface area contributed by atoms with Crippen molar-refractivity contribution in [2.75, 3.05) is 37.6 Å². The van der Waals surface area contributed by atoms with Crippen molar-refractivity contribution in [1.29, 1.82) is 0 Å². The highest BCUT2D eigenvalue weighted by atomic mass is 19.1. The first-order chi connectivity index (χ1) is 17.1. The second-order valence-electron chi connectivity index (χ2n) is 9.48. The fraction of sp³-hybridized carbons (Fsp3) is 0.407. The molecule has 9 heteroatoms. The van der Waals surface area contributed by atoms with Gasteiger partial charge < -0.3 is 15.1 Å². The predicted octanol–water partition coefficient (Wildman–Crippen LogP) is 3.10. The lowest BCUT2D eigenvalue weighted by molar-refractivity contribution is -0.139. The quantitative estimate of drug-likeness (QED) is 0.472. The molecule has 8 nitrogen and oxygen atoms in total. The van der Waals surface area contributed by atoms with Gasteiger partial charge in [-0.3, -0.25) is 19.3 Å². The number of hydrogen-bond donors (Lipinski definition) is 1. The van der Waals surface area contributed by atoms with Gasteiger partial charge in [-0.05, 0) is 49.6 Å². The van der Waals surface area contributed by atoms with Crippen molar-refractivity contribution in [3.63, 3.8) is 0 Å². The van der Waals surface area contributed by atoms with Crippen LogP contribution in [0.3, 0.4) is 0 Å². The monoisotopic (exact) mass is 494 g/mol. The van der Waals surface area contributed by atoms with Crippen molar-refractivity contribution in [3.05, 3.63) is 65.0 Å². The highest BCUT2D eigenvalue weighted by molar-refractivity contribution is 6.09. The highest BCUT2D eigenvalue weighted by Gasteiger charge is 2.49. The molecule has 36 heavy (non-hydrogen) atoms. The average Bonchev–Trinajstić information content (AvgIpc) is 3.08. The first-order valence-corrected chi connectivity index (χ1v) is 12.2. The Balaban J connectivity index is 1.38. The van der Waals surface area contributed by atoms with Crippen LogP contribution in [0, 0.1) is 5.82 Å². The summed E-state index contributed by atoms with van der Waals surface area (Å²) in [5.41, 5.74) is 1.28. The van der Waals surface area contributed by atoms with Gasteiger partial charge in [0.1, 0.15) is 17.9 Å². The molecule has 2 fully saturated rings. The van der Waals surface area contributed by atoms with Gasteiger partial charge in [-0.15, -0.1) is 0 Å². The third-order valence-corrected chi connectivity index (χ3v) is 6.97. The zero-order valence-electron chi connectivity index (χ0n) is 20.8. The van der Waals surface area contributed by atoms with Crippen LogP contribution in [0.1, 0.15) is 48.7 Å². The van der Waals surface area contributed by atoms with Gasteiger partial charge in [0.25, 0.3) is 5.91 Å². The first kappa shape index (κ1) is 25.3. The van der Waals surface area contributed by atoms with Gasteiger partial charge >= 0.3 is 6.03 Å². The smallest absolute Gasteiger partial charge is 0.325 e. The van der Waals surface area contributed by atoms with E-state index in [1.807, 2.05) is 29.2 Å². The van der Waals surface area contributed by atoms with Crippen molar-refractivity contribution in [2.45, 2.75) is 39.2 Å². The second kappa shape index (κ2) is 10.1. The number of amides is 4. The Morgan fingerprint density at radius 3 is 2.28 bits per heavy atom. The SMILES string of the molecule is CCCc1ccc(C2(C)NC(=O)N(CC(=O)N3CCN(c4ccc(C(C)=O)cc4F)CC3)C2=O)cc1. The van der Waals surface area contributed by atoms with Gasteiger partial charge in [0.05, 0.1) is 5.69 Å². The summed E-state index contributed by atoms with van der Waals surface area (Å²) in [6.07, 6.45) is 1.94. The Hall–Kier alpha value is -3.75. The Morgan fingerprint density at radius 2 is 1.69 bits per heavy atom. The van der Waals surface area contributed by atoms with Crippen LogP contribution >= 0.6 is 0 Å². The van der Waals surface area contributed by atoms with Gasteiger partial charge in [0.15, 0.2) is 5.78 Å². The highest BCUT2D eigenvalue weighted by Crippen LogP contribution is 2.29. The second-order valence-corrected chi connectivity index (χ2v) is 9.48. The Bertz CT molecular complexity index is 1190. The molecular formula is C27H31FN4O4. The maximum absolute atomic E-state index is 14.5. The fourth-order valence-electron chi connectivity index (χ4n) is 4.74. The number of piperazine rings is 1. The molecule has 1 N–H and O–H groups in total. The molecule has 4 amide bonds. The molecule has 0 bridgehead atoms. The topological polar surface area (TPSA) is 90.0 Å². The molecule has 0 aliphatic carbocycles. The molecule has 2 aliphatic rings. The summed E-state index contributed by atoms with van der Waals surface area (Å²) in [4.78, 5) is 54.7. The molecule has 0 saturated carbocycles. The maximum atomic E-state index is 14.5. The average molecular weight is 495 g/mol. The number of hydrogen-bond acceptors (Lipinski definition) is 5. The molecule has 0 spiro atoms. The van der Waals surface area contributed by atoms with Gasteiger partial charge in [-0.2, -0.15) is 0 Å². The van der Waals surface area contributed by atoms with Crippen LogP contribution in [0.5, 0.6) is 0 Å². The number of nitrogens with one attached hydrogen (secondary N) is 1. The minimum Gasteiger partial charge on any atom is -0.366 e. The molecule has 4 rings (SSSR count). The molecule has 1 atom stereocenters. The number of urea groups is 1. The van der Waals surface area contributed by atoms with Crippen molar-refractivity contribution in [3.8, 4) is 0 Å². The van der Waals surface area contributed by atoms with E-state index in [0.717, 1.165) is 23.3 Å². The molecule has 2 aliphatic heterocycles. The standard InChI is InChI=1S/C27H31FN4O4/c1-4-5-19-6-9-21(10-7-19)27(3)25(35)32(26(36)29-27)17-24(34)31-14-12-30(13-15-31)23-11-8-20(18(2)33)16-22(23)28/h6-11,16H,4-5,12-15,17H2,1-3H3,(H,29,36). The van der Waals surface area contributed by atoms with Crippen LogP contribution in [-0.4, -0.2) is 66.2 Å². The number of nitrogens with zero attached hydrogens (tertiary/aromatic N) is 3. The van der Waals surface area contributed by atoms with E-state index in [0.29, 0.717) is 43.0 Å². The van der Waals surface area contributed by atoms with Crippen LogP contribution in [0.15, 0.2) is 42.5 Å². The number of rotatable bonds is 7. The minimum atomic E-state index is -1.23. The number of carbonyl (C=O) groups is 4. The van der Waals surface area contributed by atoms with Crippen LogP contribution in [-0.2, 0) is 21.5 Å². The summed E-state index contributed by atoms with van der Waals surface area (Å²) in [5.74, 6) is -1.49. The number of halogens is 1. The zero-order valence-corrected chi connectivity index (χ0v) is 20.8. The van der Waals surface area contributed by atoms with Crippen LogP contribution in [0.2, 0.25) is 0 Å². The van der Waals surface area contributed by atoms with E-state index in [2.05, 4.69) is 12.2 Å². The number of Topliss-reactive ketones (excluding diaryl/α,β-unsaturated/α-hetero) is 1. The van der Waals surface area contributed by atoms with Gasteiger partial charge in [-0.25, -0.2) is 9.18 Å². The van der Waals surface area contributed by atoms with E-state index in [4.69, 9.17) is 0 Å². The number of ketones is 1. The molecule has 2 heterocycles. The summed E-state index contributed by atoms with van der Waals surface area (Å²) < 4.78 is 14.5. The van der Waals surface area contributed by atoms with Gasteiger partial charge in [0, 0.05) is 31.7 Å². The van der Waals surface area contributed by atoms with E-state index in [9.17, 15) is 23.6 Å². The summed E-state index contributed by atoms with van der Waals surface area (Å²) >= 11 is 0. The van der Waals surface area contributed by atoms with Crippen molar-refractivity contribution < 1.29 is 23.6 Å². The van der Waals surface area contributed by atoms with E-state index < -0.39 is 23.3 Å². The number of carbonyl (C=O) groups excluding carboxylic acids is 4. The van der Waals surface area contributed by atoms with E-state index >= 15 is 0 Å². The zero-order chi connectivity index (χ0) is 26.0. The third-order valence-electron chi connectivity index (χ3n) is 6.97. The number of benzene rings is 2. The molecule has 190 valence electrons. The predicted molar refractivity (Wildman–Crippen MR) is 133 cm³/mol. The van der Waals surface area contributed by atoms with E-state index in [1.54, 1.807) is 24.0 Å². The molecule has 2 aromatic carbocycles. The Kier molecular flexibility index (Phi) is 7.10. The molecule has 1 unspecified atom stereocenters. The minimum absolute atomic E-state index is 0.207. The van der Waals surface area contributed by atoms with Crippen LogP contribution in [0.25, 0.3) is 0 Å². The number of aryl methyl sites for hydroxylation is 1. The summed E-state index contributed by atoms with van der Waals surface area (Å²) in [5, 5.41) is 2.75. The Labute approximate surface area is 210 Å². The lowest BCUT2D eigenvalue weighted by Crippen LogP contribution is -2.52. The van der Waals surface area contributed by atoms with Crippen LogP contribution in [0.4, 0.5) is 14.9 Å². The molecule has 0 radical (unpaired) electrons. The van der Waals surface area contributed by atoms with E-state index in [1.165, 1.54) is 13.0 Å². The molecule has 0 aromatic heterocycles. The van der Waals surface area contributed by atoms with E-state index in [-0.39, 0.29) is 18.2 Å².